The van der Waals surface area contributed by atoms with E-state index in [1.165, 1.54) is 23.4 Å². The Morgan fingerprint density at radius 3 is 2.38 bits per heavy atom. The molecule has 0 radical (unpaired) electrons. The van der Waals surface area contributed by atoms with Gasteiger partial charge < -0.3 is 5.32 Å². The Balaban J connectivity index is 1.43. The fourth-order valence-corrected chi connectivity index (χ4v) is 3.79. The molecular weight excluding hydrogens is 366 g/mol. The van der Waals surface area contributed by atoms with Crippen LogP contribution in [0.3, 0.4) is 0 Å². The number of amides is 2. The minimum absolute atomic E-state index is 0.0567. The summed E-state index contributed by atoms with van der Waals surface area (Å²) >= 11 is 0. The van der Waals surface area contributed by atoms with Gasteiger partial charge in [0.15, 0.2) is 0 Å². The van der Waals surface area contributed by atoms with E-state index < -0.39 is 0 Å². The molecule has 0 spiro atoms. The van der Waals surface area contributed by atoms with Gasteiger partial charge in [-0.3, -0.25) is 24.9 Å². The minimum Gasteiger partial charge on any atom is -0.347 e. The van der Waals surface area contributed by atoms with Gasteiger partial charge >= 0.3 is 0 Å². The molecule has 150 valence electrons. The van der Waals surface area contributed by atoms with Crippen LogP contribution in [0.25, 0.3) is 0 Å². The van der Waals surface area contributed by atoms with Gasteiger partial charge in [-0.15, -0.1) is 0 Å². The maximum absolute atomic E-state index is 12.8. The fourth-order valence-electron chi connectivity index (χ4n) is 3.79. The molecule has 0 bridgehead atoms. The largest absolute Gasteiger partial charge is 0.347 e. The van der Waals surface area contributed by atoms with Gasteiger partial charge in [0.2, 0.25) is 5.84 Å². The summed E-state index contributed by atoms with van der Waals surface area (Å²) in [4.78, 5) is 31.5. The number of carbonyl (C=O) groups is 2. The van der Waals surface area contributed by atoms with Gasteiger partial charge in [0, 0.05) is 6.54 Å². The Morgan fingerprint density at radius 1 is 1.03 bits per heavy atom. The number of likely N-dealkylation sites (tertiary alicyclic amines) is 1. The van der Waals surface area contributed by atoms with Crippen LogP contribution in [0.15, 0.2) is 65.7 Å². The molecule has 0 aromatic heterocycles. The quantitative estimate of drug-likeness (QED) is 0.788. The van der Waals surface area contributed by atoms with Gasteiger partial charge in [-0.2, -0.15) is 0 Å². The van der Waals surface area contributed by atoms with E-state index in [-0.39, 0.29) is 30.2 Å². The fraction of sp³-hybridized carbons (Fsp3) is 0.318. The zero-order chi connectivity index (χ0) is 20.1. The Morgan fingerprint density at radius 2 is 1.69 bits per heavy atom. The number of amidine groups is 1. The number of carbonyl (C=O) groups excluding carboxylic acids is 2. The number of aliphatic imine (C=N–C) groups is 1. The summed E-state index contributed by atoms with van der Waals surface area (Å²) < 4.78 is 0. The summed E-state index contributed by atoms with van der Waals surface area (Å²) in [5.74, 6) is -0.354. The van der Waals surface area contributed by atoms with Crippen LogP contribution in [-0.4, -0.2) is 48.7 Å². The molecule has 0 aliphatic carbocycles. The molecule has 0 saturated carbocycles. The predicted octanol–water partition coefficient (Wildman–Crippen LogP) is 1.89. The lowest BCUT2D eigenvalue weighted by Gasteiger charge is -2.30. The molecule has 1 atom stereocenters. The number of nitrogens with one attached hydrogen (secondary N) is 2. The SMILES string of the molecule is O=C(NC[C@H](c1ccccc1)N1CCCC1)C1=NCC(=O)N(c2ccccc2)N1. The summed E-state index contributed by atoms with van der Waals surface area (Å²) in [6.07, 6.45) is 2.36. The topological polar surface area (TPSA) is 77.0 Å². The van der Waals surface area contributed by atoms with Gasteiger partial charge in [0.05, 0.1) is 11.7 Å². The van der Waals surface area contributed by atoms with Crippen LogP contribution in [0.5, 0.6) is 0 Å². The molecule has 2 aromatic carbocycles. The summed E-state index contributed by atoms with van der Waals surface area (Å²) in [5.41, 5.74) is 4.73. The maximum atomic E-state index is 12.8. The summed E-state index contributed by atoms with van der Waals surface area (Å²) in [6, 6.07) is 19.6. The molecule has 2 heterocycles. The van der Waals surface area contributed by atoms with Crippen molar-refractivity contribution < 1.29 is 9.59 Å². The smallest absolute Gasteiger partial charge is 0.288 e. The van der Waals surface area contributed by atoms with Gasteiger partial charge in [-0.05, 0) is 43.6 Å². The van der Waals surface area contributed by atoms with Crippen molar-refractivity contribution in [3.8, 4) is 0 Å². The van der Waals surface area contributed by atoms with Crippen molar-refractivity contribution >= 4 is 23.3 Å². The van der Waals surface area contributed by atoms with E-state index in [0.717, 1.165) is 13.1 Å². The molecule has 2 aromatic rings. The van der Waals surface area contributed by atoms with Crippen LogP contribution >= 0.6 is 0 Å². The first-order valence-corrected chi connectivity index (χ1v) is 9.98. The van der Waals surface area contributed by atoms with Crippen LogP contribution in [0.4, 0.5) is 5.69 Å². The van der Waals surface area contributed by atoms with Crippen LogP contribution in [0, 0.1) is 0 Å². The van der Waals surface area contributed by atoms with Crippen molar-refractivity contribution in [2.75, 3.05) is 31.2 Å². The van der Waals surface area contributed by atoms with E-state index in [1.807, 2.05) is 48.5 Å². The van der Waals surface area contributed by atoms with Crippen LogP contribution in [0.2, 0.25) is 0 Å². The highest BCUT2D eigenvalue weighted by atomic mass is 16.2. The Labute approximate surface area is 170 Å². The Kier molecular flexibility index (Phi) is 5.86. The first-order valence-electron chi connectivity index (χ1n) is 9.98. The number of hydrogen-bond acceptors (Lipinski definition) is 5. The molecular formula is C22H25N5O2. The third kappa shape index (κ3) is 4.46. The number of benzene rings is 2. The summed E-state index contributed by atoms with van der Waals surface area (Å²) in [7, 11) is 0. The van der Waals surface area contributed by atoms with Crippen molar-refractivity contribution in [1.29, 1.82) is 0 Å². The maximum Gasteiger partial charge on any atom is 0.288 e. The average Bonchev–Trinajstić information content (AvgIpc) is 3.30. The molecule has 2 aliphatic heterocycles. The third-order valence-corrected chi connectivity index (χ3v) is 5.29. The van der Waals surface area contributed by atoms with E-state index in [0.29, 0.717) is 12.2 Å². The predicted molar refractivity (Wildman–Crippen MR) is 112 cm³/mol. The van der Waals surface area contributed by atoms with Crippen molar-refractivity contribution in [1.82, 2.24) is 15.6 Å². The number of hydrazine groups is 1. The van der Waals surface area contributed by atoms with Crippen LogP contribution < -0.4 is 15.8 Å². The van der Waals surface area contributed by atoms with Gasteiger partial charge in [-0.25, -0.2) is 5.01 Å². The number of hydrogen-bond donors (Lipinski definition) is 2. The number of rotatable bonds is 6. The first kappa shape index (κ1) is 19.1. The monoisotopic (exact) mass is 391 g/mol. The van der Waals surface area contributed by atoms with Crippen molar-refractivity contribution in [2.45, 2.75) is 18.9 Å². The average molecular weight is 391 g/mol. The normalized spacial score (nSPS) is 18.1. The van der Waals surface area contributed by atoms with E-state index in [4.69, 9.17) is 0 Å². The molecule has 0 unspecified atom stereocenters. The second kappa shape index (κ2) is 8.87. The second-order valence-electron chi connectivity index (χ2n) is 7.22. The Bertz CT molecular complexity index is 879. The van der Waals surface area contributed by atoms with Crippen molar-refractivity contribution in [2.24, 2.45) is 4.99 Å². The van der Waals surface area contributed by atoms with Crippen LogP contribution in [-0.2, 0) is 9.59 Å². The molecule has 2 N–H and O–H groups in total. The van der Waals surface area contributed by atoms with E-state index in [1.54, 1.807) is 0 Å². The standard InChI is InChI=1S/C22H25N5O2/c28-20-16-23-21(25-27(20)18-11-5-2-6-12-18)22(29)24-15-19(26-13-7-8-14-26)17-9-3-1-4-10-17/h1-6,9-12,19H,7-8,13-16H2,(H,23,25)(H,24,29)/t19-/m1/s1. The molecule has 29 heavy (non-hydrogen) atoms. The lowest BCUT2D eigenvalue weighted by atomic mass is 10.1. The zero-order valence-electron chi connectivity index (χ0n) is 16.3. The molecule has 7 heteroatoms. The van der Waals surface area contributed by atoms with E-state index >= 15 is 0 Å². The molecule has 1 fully saturated rings. The summed E-state index contributed by atoms with van der Waals surface area (Å²) in [6.45, 7) is 2.50. The van der Waals surface area contributed by atoms with Gasteiger partial charge in [0.25, 0.3) is 11.8 Å². The number of anilines is 1. The molecule has 4 rings (SSSR count). The third-order valence-electron chi connectivity index (χ3n) is 5.29. The van der Waals surface area contributed by atoms with Crippen molar-refractivity contribution in [3.05, 3.63) is 66.2 Å². The summed E-state index contributed by atoms with van der Waals surface area (Å²) in [5, 5.41) is 4.37. The zero-order valence-corrected chi connectivity index (χ0v) is 16.3. The lowest BCUT2D eigenvalue weighted by molar-refractivity contribution is -0.118. The highest BCUT2D eigenvalue weighted by Crippen LogP contribution is 2.24. The number of para-hydroxylation sites is 1. The minimum atomic E-state index is -0.307. The van der Waals surface area contributed by atoms with E-state index in [2.05, 4.69) is 32.8 Å². The first-order chi connectivity index (χ1) is 14.2. The lowest BCUT2D eigenvalue weighted by Crippen LogP contribution is -2.56. The Hall–Kier alpha value is -3.19. The molecule has 2 amide bonds. The molecule has 1 saturated heterocycles. The second-order valence-corrected chi connectivity index (χ2v) is 7.22. The van der Waals surface area contributed by atoms with Gasteiger partial charge in [-0.1, -0.05) is 48.5 Å². The highest BCUT2D eigenvalue weighted by Gasteiger charge is 2.28. The van der Waals surface area contributed by atoms with Crippen LogP contribution in [0.1, 0.15) is 24.4 Å². The van der Waals surface area contributed by atoms with Crippen molar-refractivity contribution in [3.63, 3.8) is 0 Å². The van der Waals surface area contributed by atoms with Gasteiger partial charge in [0.1, 0.15) is 6.54 Å². The molecule has 2 aliphatic rings. The molecule has 7 nitrogen and oxygen atoms in total. The number of nitrogens with zero attached hydrogens (tertiary/aromatic N) is 3. The highest BCUT2D eigenvalue weighted by molar-refractivity contribution is 6.39. The van der Waals surface area contributed by atoms with E-state index in [9.17, 15) is 9.59 Å².